The zero-order valence-corrected chi connectivity index (χ0v) is 17.0. The van der Waals surface area contributed by atoms with Gasteiger partial charge in [-0.1, -0.05) is 34.1 Å². The third-order valence-corrected chi connectivity index (χ3v) is 8.09. The highest BCUT2D eigenvalue weighted by Gasteiger charge is 2.52. The first kappa shape index (κ1) is 17.7. The SMILES string of the molecule is COC(=O)[C@@H]1[C@@H]2C[C@@H]3c4[nH]c5ccccc5c4CCN3C[C@@H]2[C@H](Br)C[C@@H]1O. The second-order valence-corrected chi connectivity index (χ2v) is 9.43. The normalized spacial score (nSPS) is 36.0. The van der Waals surface area contributed by atoms with E-state index < -0.39 is 12.0 Å². The summed E-state index contributed by atoms with van der Waals surface area (Å²) in [6.07, 6.45) is 1.91. The number of halogens is 1. The second kappa shape index (κ2) is 6.61. The zero-order chi connectivity index (χ0) is 18.7. The fourth-order valence-electron chi connectivity index (χ4n) is 5.79. The lowest BCUT2D eigenvalue weighted by molar-refractivity contribution is -0.159. The lowest BCUT2D eigenvalue weighted by Crippen LogP contribution is -2.56. The summed E-state index contributed by atoms with van der Waals surface area (Å²) in [4.78, 5) is 18.9. The summed E-state index contributed by atoms with van der Waals surface area (Å²) in [5, 5.41) is 12.0. The summed E-state index contributed by atoms with van der Waals surface area (Å²) in [6.45, 7) is 2.01. The summed E-state index contributed by atoms with van der Waals surface area (Å²) in [5.41, 5.74) is 3.92. The Hall–Kier alpha value is -1.37. The molecular weight excluding hydrogens is 408 g/mol. The van der Waals surface area contributed by atoms with Crippen molar-refractivity contribution in [3.05, 3.63) is 35.5 Å². The van der Waals surface area contributed by atoms with E-state index in [1.165, 1.54) is 29.3 Å². The zero-order valence-electron chi connectivity index (χ0n) is 15.4. The van der Waals surface area contributed by atoms with Crippen LogP contribution in [0.2, 0.25) is 0 Å². The molecule has 6 heteroatoms. The molecule has 0 spiro atoms. The van der Waals surface area contributed by atoms with Crippen molar-refractivity contribution in [1.29, 1.82) is 0 Å². The van der Waals surface area contributed by atoms with Crippen LogP contribution in [0.4, 0.5) is 0 Å². The van der Waals surface area contributed by atoms with Gasteiger partial charge in [-0.25, -0.2) is 0 Å². The quantitative estimate of drug-likeness (QED) is 0.536. The monoisotopic (exact) mass is 432 g/mol. The van der Waals surface area contributed by atoms with Gasteiger partial charge >= 0.3 is 5.97 Å². The molecule has 2 aliphatic heterocycles. The molecule has 2 aromatic rings. The highest BCUT2D eigenvalue weighted by atomic mass is 79.9. The molecule has 0 unspecified atom stereocenters. The maximum absolute atomic E-state index is 12.5. The summed E-state index contributed by atoms with van der Waals surface area (Å²) in [7, 11) is 1.43. The van der Waals surface area contributed by atoms with Crippen molar-refractivity contribution in [2.45, 2.75) is 36.2 Å². The van der Waals surface area contributed by atoms with E-state index in [1.807, 2.05) is 0 Å². The number of ether oxygens (including phenoxy) is 1. The van der Waals surface area contributed by atoms with Gasteiger partial charge in [-0.05, 0) is 42.7 Å². The van der Waals surface area contributed by atoms with Gasteiger partial charge in [-0.15, -0.1) is 0 Å². The Labute approximate surface area is 167 Å². The van der Waals surface area contributed by atoms with Crippen molar-refractivity contribution in [1.82, 2.24) is 9.88 Å². The number of alkyl halides is 1. The molecule has 0 amide bonds. The van der Waals surface area contributed by atoms with Crippen molar-refractivity contribution in [3.63, 3.8) is 0 Å². The number of aromatic amines is 1. The van der Waals surface area contributed by atoms with Gasteiger partial charge in [0.15, 0.2) is 0 Å². The lowest BCUT2D eigenvalue weighted by Gasteiger charge is -2.52. The highest BCUT2D eigenvalue weighted by Crippen LogP contribution is 2.50. The van der Waals surface area contributed by atoms with Gasteiger partial charge in [0, 0.05) is 34.5 Å². The summed E-state index contributed by atoms with van der Waals surface area (Å²) in [5.74, 6) is -0.201. The van der Waals surface area contributed by atoms with Crippen molar-refractivity contribution >= 4 is 32.8 Å². The molecule has 1 aromatic heterocycles. The van der Waals surface area contributed by atoms with Gasteiger partial charge in [0.25, 0.3) is 0 Å². The fourth-order valence-corrected chi connectivity index (χ4v) is 6.74. The molecule has 2 N–H and O–H groups in total. The van der Waals surface area contributed by atoms with Crippen LogP contribution >= 0.6 is 15.9 Å². The van der Waals surface area contributed by atoms with Gasteiger partial charge in [0.1, 0.15) is 0 Å². The number of aliphatic hydroxyl groups is 1. The average molecular weight is 433 g/mol. The maximum Gasteiger partial charge on any atom is 0.311 e. The van der Waals surface area contributed by atoms with Crippen LogP contribution in [0.15, 0.2) is 24.3 Å². The number of esters is 1. The maximum atomic E-state index is 12.5. The smallest absolute Gasteiger partial charge is 0.311 e. The predicted octanol–water partition coefficient (Wildman–Crippen LogP) is 3.02. The number of rotatable bonds is 1. The van der Waals surface area contributed by atoms with Crippen molar-refractivity contribution in [3.8, 4) is 0 Å². The number of aliphatic hydroxyl groups excluding tert-OH is 1. The molecule has 144 valence electrons. The number of carbonyl (C=O) groups excluding carboxylic acids is 1. The van der Waals surface area contributed by atoms with Crippen LogP contribution in [0.25, 0.3) is 10.9 Å². The minimum atomic E-state index is -0.639. The topological polar surface area (TPSA) is 65.6 Å². The molecule has 1 saturated carbocycles. The van der Waals surface area contributed by atoms with Crippen LogP contribution in [0.3, 0.4) is 0 Å². The first-order valence-electron chi connectivity index (χ1n) is 9.82. The summed E-state index contributed by atoms with van der Waals surface area (Å²) < 4.78 is 5.06. The number of benzene rings is 1. The Balaban J connectivity index is 1.54. The number of hydrogen-bond acceptors (Lipinski definition) is 4. The van der Waals surface area contributed by atoms with Crippen LogP contribution in [0.1, 0.15) is 30.1 Å². The number of aromatic nitrogens is 1. The second-order valence-electron chi connectivity index (χ2n) is 8.25. The van der Waals surface area contributed by atoms with Crippen molar-refractivity contribution in [2.24, 2.45) is 17.8 Å². The number of carbonyl (C=O) groups is 1. The van der Waals surface area contributed by atoms with Crippen LogP contribution in [-0.4, -0.2) is 52.1 Å². The molecule has 1 aliphatic carbocycles. The molecule has 1 aromatic carbocycles. The van der Waals surface area contributed by atoms with E-state index in [4.69, 9.17) is 4.74 Å². The molecule has 6 atom stereocenters. The number of para-hydroxylation sites is 1. The Morgan fingerprint density at radius 2 is 2.11 bits per heavy atom. The standard InChI is InChI=1S/C21H25BrN2O3/c1-27-21(26)19-13-8-17-20-12(11-4-2-3-5-16(11)23-20)6-7-24(17)10-14(13)15(22)9-18(19)25/h2-5,13-15,17-19,23,25H,6-10H2,1H3/t13-,14+,15-,17-,18+,19-/m1/s1. The van der Waals surface area contributed by atoms with Crippen LogP contribution < -0.4 is 0 Å². The molecule has 0 radical (unpaired) electrons. The molecule has 27 heavy (non-hydrogen) atoms. The molecule has 3 heterocycles. The minimum absolute atomic E-state index is 0.129. The van der Waals surface area contributed by atoms with E-state index >= 15 is 0 Å². The highest BCUT2D eigenvalue weighted by molar-refractivity contribution is 9.09. The third kappa shape index (κ3) is 2.68. The Bertz CT molecular complexity index is 881. The molecule has 3 aliphatic rings. The summed E-state index contributed by atoms with van der Waals surface area (Å²) >= 11 is 3.80. The Kier molecular flexibility index (Phi) is 4.33. The van der Waals surface area contributed by atoms with Crippen molar-refractivity contribution in [2.75, 3.05) is 20.2 Å². The van der Waals surface area contributed by atoms with Gasteiger partial charge in [-0.2, -0.15) is 0 Å². The van der Waals surface area contributed by atoms with Gasteiger partial charge in [0.2, 0.25) is 0 Å². The molecule has 0 bridgehead atoms. The van der Waals surface area contributed by atoms with E-state index in [0.29, 0.717) is 12.3 Å². The lowest BCUT2D eigenvalue weighted by atomic mass is 9.65. The largest absolute Gasteiger partial charge is 0.469 e. The number of hydrogen-bond donors (Lipinski definition) is 2. The van der Waals surface area contributed by atoms with E-state index in [9.17, 15) is 9.90 Å². The molecule has 5 nitrogen and oxygen atoms in total. The number of H-pyrrole nitrogens is 1. The van der Waals surface area contributed by atoms with Gasteiger partial charge in [0.05, 0.1) is 25.2 Å². The number of nitrogens with one attached hydrogen (secondary N) is 1. The van der Waals surface area contributed by atoms with E-state index in [0.717, 1.165) is 25.9 Å². The molecule has 5 rings (SSSR count). The number of methoxy groups -OCH3 is 1. The molecule has 1 saturated heterocycles. The molecular formula is C21H25BrN2O3. The average Bonchev–Trinajstić information content (AvgIpc) is 3.06. The van der Waals surface area contributed by atoms with Crippen molar-refractivity contribution < 1.29 is 14.6 Å². The number of piperidine rings is 1. The Morgan fingerprint density at radius 1 is 1.30 bits per heavy atom. The van der Waals surface area contributed by atoms with E-state index in [-0.39, 0.29) is 22.8 Å². The first-order valence-corrected chi connectivity index (χ1v) is 10.7. The van der Waals surface area contributed by atoms with Crippen LogP contribution in [0, 0.1) is 17.8 Å². The first-order chi connectivity index (χ1) is 13.1. The minimum Gasteiger partial charge on any atom is -0.469 e. The Morgan fingerprint density at radius 3 is 2.93 bits per heavy atom. The predicted molar refractivity (Wildman–Crippen MR) is 107 cm³/mol. The summed E-state index contributed by atoms with van der Waals surface area (Å²) in [6, 6.07) is 8.78. The third-order valence-electron chi connectivity index (χ3n) is 7.04. The number of nitrogens with zero attached hydrogens (tertiary/aromatic N) is 1. The number of fused-ring (bicyclic) bond motifs is 6. The van der Waals surface area contributed by atoms with Crippen LogP contribution in [-0.2, 0) is 16.0 Å². The van der Waals surface area contributed by atoms with Crippen LogP contribution in [0.5, 0.6) is 0 Å². The van der Waals surface area contributed by atoms with E-state index in [1.54, 1.807) is 0 Å². The fraction of sp³-hybridized carbons (Fsp3) is 0.571. The van der Waals surface area contributed by atoms with Gasteiger partial charge < -0.3 is 14.8 Å². The van der Waals surface area contributed by atoms with E-state index in [2.05, 4.69) is 50.1 Å². The van der Waals surface area contributed by atoms with Gasteiger partial charge in [-0.3, -0.25) is 9.69 Å². The molecule has 2 fully saturated rings.